The first-order valence-corrected chi connectivity index (χ1v) is 8.96. The fourth-order valence-electron chi connectivity index (χ4n) is 3.19. The first-order valence-electron chi connectivity index (χ1n) is 8.96. The van der Waals surface area contributed by atoms with Crippen molar-refractivity contribution < 1.29 is 18.4 Å². The summed E-state index contributed by atoms with van der Waals surface area (Å²) in [7, 11) is 1.46. The quantitative estimate of drug-likeness (QED) is 0.775. The van der Waals surface area contributed by atoms with E-state index in [2.05, 4.69) is 20.9 Å². The van der Waals surface area contributed by atoms with Crippen LogP contribution in [0.3, 0.4) is 0 Å². The van der Waals surface area contributed by atoms with E-state index in [1.54, 1.807) is 0 Å². The van der Waals surface area contributed by atoms with Gasteiger partial charge in [0.05, 0.1) is 25.3 Å². The van der Waals surface area contributed by atoms with Crippen molar-refractivity contribution in [3.05, 3.63) is 47.8 Å². The van der Waals surface area contributed by atoms with E-state index in [1.807, 2.05) is 30.3 Å². The first kappa shape index (κ1) is 19.7. The molecule has 28 heavy (non-hydrogen) atoms. The van der Waals surface area contributed by atoms with Crippen LogP contribution in [0.4, 0.5) is 13.6 Å². The summed E-state index contributed by atoms with van der Waals surface area (Å²) in [5, 5.41) is 12.6. The standard InChI is InChI=1S/C18H22F2N6O2/c1-21-16(27)15-11-25(24-23-15)10-14-9-18(19,20)12-26(14)17(28)22-8-7-13-5-3-2-4-6-13/h2-6,11,14H,7-10,12H2,1H3,(H,21,27)(H,22,28)/t14-/m0/s1. The molecule has 3 amide bonds. The molecule has 1 aliphatic heterocycles. The van der Waals surface area contributed by atoms with Crippen LogP contribution in [0.5, 0.6) is 0 Å². The molecule has 8 nitrogen and oxygen atoms in total. The molecule has 0 saturated carbocycles. The summed E-state index contributed by atoms with van der Waals surface area (Å²) in [6.07, 6.45) is 1.52. The van der Waals surface area contributed by atoms with Crippen LogP contribution in [0, 0.1) is 0 Å². The van der Waals surface area contributed by atoms with Crippen LogP contribution in [0.2, 0.25) is 0 Å². The van der Waals surface area contributed by atoms with Gasteiger partial charge in [0.25, 0.3) is 11.8 Å². The first-order chi connectivity index (χ1) is 13.4. The number of hydrogen-bond donors (Lipinski definition) is 2. The van der Waals surface area contributed by atoms with Gasteiger partial charge in [0, 0.05) is 20.0 Å². The second kappa shape index (κ2) is 8.32. The maximum atomic E-state index is 14.0. The third-order valence-corrected chi connectivity index (χ3v) is 4.57. The minimum atomic E-state index is -2.97. The summed E-state index contributed by atoms with van der Waals surface area (Å²) in [6.45, 7) is -0.265. The zero-order valence-electron chi connectivity index (χ0n) is 15.4. The highest BCUT2D eigenvalue weighted by atomic mass is 19.3. The molecule has 0 radical (unpaired) electrons. The van der Waals surface area contributed by atoms with Gasteiger partial charge < -0.3 is 15.5 Å². The van der Waals surface area contributed by atoms with Gasteiger partial charge in [-0.15, -0.1) is 5.10 Å². The maximum Gasteiger partial charge on any atom is 0.317 e. The van der Waals surface area contributed by atoms with Crippen molar-refractivity contribution in [2.45, 2.75) is 31.4 Å². The fourth-order valence-corrected chi connectivity index (χ4v) is 3.19. The smallest absolute Gasteiger partial charge is 0.317 e. The molecule has 0 aliphatic carbocycles. The molecule has 2 aromatic rings. The molecule has 2 heterocycles. The Morgan fingerprint density at radius 3 is 2.75 bits per heavy atom. The molecule has 1 aliphatic rings. The highest BCUT2D eigenvalue weighted by Gasteiger charge is 2.47. The Labute approximate surface area is 160 Å². The molecule has 1 fully saturated rings. The predicted molar refractivity (Wildman–Crippen MR) is 97.0 cm³/mol. The van der Waals surface area contributed by atoms with Gasteiger partial charge in [-0.1, -0.05) is 35.5 Å². The van der Waals surface area contributed by atoms with Gasteiger partial charge in [-0.25, -0.2) is 18.3 Å². The molecular weight excluding hydrogens is 370 g/mol. The Kier molecular flexibility index (Phi) is 5.86. The second-order valence-corrected chi connectivity index (χ2v) is 6.71. The predicted octanol–water partition coefficient (Wildman–Crippen LogP) is 1.30. The fraction of sp³-hybridized carbons (Fsp3) is 0.444. The lowest BCUT2D eigenvalue weighted by Crippen LogP contribution is -2.45. The second-order valence-electron chi connectivity index (χ2n) is 6.71. The maximum absolute atomic E-state index is 14.0. The van der Waals surface area contributed by atoms with Crippen molar-refractivity contribution in [2.24, 2.45) is 0 Å². The monoisotopic (exact) mass is 392 g/mol. The number of urea groups is 1. The highest BCUT2D eigenvalue weighted by molar-refractivity contribution is 5.91. The number of carbonyl (C=O) groups is 2. The van der Waals surface area contributed by atoms with Crippen LogP contribution in [-0.4, -0.2) is 63.9 Å². The lowest BCUT2D eigenvalue weighted by molar-refractivity contribution is 0.0145. The number of benzene rings is 1. The van der Waals surface area contributed by atoms with Crippen LogP contribution in [-0.2, 0) is 13.0 Å². The largest absolute Gasteiger partial charge is 0.354 e. The summed E-state index contributed by atoms with van der Waals surface area (Å²) >= 11 is 0. The minimum Gasteiger partial charge on any atom is -0.354 e. The van der Waals surface area contributed by atoms with E-state index >= 15 is 0 Å². The molecule has 1 atom stereocenters. The van der Waals surface area contributed by atoms with Gasteiger partial charge in [-0.3, -0.25) is 4.79 Å². The van der Waals surface area contributed by atoms with Crippen molar-refractivity contribution >= 4 is 11.9 Å². The van der Waals surface area contributed by atoms with Crippen LogP contribution >= 0.6 is 0 Å². The van der Waals surface area contributed by atoms with Gasteiger partial charge in [0.15, 0.2) is 5.69 Å². The van der Waals surface area contributed by atoms with E-state index in [0.717, 1.165) is 10.5 Å². The summed E-state index contributed by atoms with van der Waals surface area (Å²) in [5.41, 5.74) is 1.14. The van der Waals surface area contributed by atoms with E-state index in [4.69, 9.17) is 0 Å². The normalized spacial score (nSPS) is 18.1. The Morgan fingerprint density at radius 1 is 1.29 bits per heavy atom. The number of carbonyl (C=O) groups excluding carboxylic acids is 2. The molecule has 0 spiro atoms. The van der Waals surface area contributed by atoms with Crippen LogP contribution in [0.1, 0.15) is 22.5 Å². The number of hydrogen-bond acceptors (Lipinski definition) is 4. The lowest BCUT2D eigenvalue weighted by atomic mass is 10.1. The molecule has 3 rings (SSSR count). The van der Waals surface area contributed by atoms with Gasteiger partial charge >= 0.3 is 6.03 Å². The van der Waals surface area contributed by atoms with Crippen LogP contribution in [0.15, 0.2) is 36.5 Å². The van der Waals surface area contributed by atoms with Gasteiger partial charge in [0.1, 0.15) is 0 Å². The average Bonchev–Trinajstić information content (AvgIpc) is 3.26. The zero-order valence-corrected chi connectivity index (χ0v) is 15.4. The van der Waals surface area contributed by atoms with Crippen molar-refractivity contribution in [2.75, 3.05) is 20.1 Å². The molecule has 1 aromatic carbocycles. The molecule has 1 aromatic heterocycles. The zero-order chi connectivity index (χ0) is 20.1. The highest BCUT2D eigenvalue weighted by Crippen LogP contribution is 2.32. The van der Waals surface area contributed by atoms with Gasteiger partial charge in [0.2, 0.25) is 0 Å². The molecule has 150 valence electrons. The van der Waals surface area contributed by atoms with E-state index < -0.39 is 36.9 Å². The Morgan fingerprint density at radius 2 is 2.04 bits per heavy atom. The van der Waals surface area contributed by atoms with Gasteiger partial charge in [-0.05, 0) is 12.0 Å². The van der Waals surface area contributed by atoms with E-state index in [9.17, 15) is 18.4 Å². The van der Waals surface area contributed by atoms with E-state index in [1.165, 1.54) is 17.9 Å². The number of alkyl halides is 2. The SMILES string of the molecule is CNC(=O)c1cn(C[C@@H]2CC(F)(F)CN2C(=O)NCCc2ccccc2)nn1. The molecule has 2 N–H and O–H groups in total. The van der Waals surface area contributed by atoms with Crippen molar-refractivity contribution in [3.8, 4) is 0 Å². The number of nitrogens with zero attached hydrogens (tertiary/aromatic N) is 4. The summed E-state index contributed by atoms with van der Waals surface area (Å²) in [5.74, 6) is -3.38. The van der Waals surface area contributed by atoms with Crippen molar-refractivity contribution in [3.63, 3.8) is 0 Å². The summed E-state index contributed by atoms with van der Waals surface area (Å²) in [6, 6.07) is 8.30. The molecule has 0 bridgehead atoms. The molecule has 10 heteroatoms. The molecular formula is C18H22F2N6O2. The number of rotatable bonds is 6. The van der Waals surface area contributed by atoms with Crippen molar-refractivity contribution in [1.29, 1.82) is 0 Å². The minimum absolute atomic E-state index is 0.0334. The number of nitrogens with one attached hydrogen (secondary N) is 2. The Hall–Kier alpha value is -3.04. The summed E-state index contributed by atoms with van der Waals surface area (Å²) < 4.78 is 29.2. The van der Waals surface area contributed by atoms with Crippen molar-refractivity contribution in [1.82, 2.24) is 30.5 Å². The summed E-state index contributed by atoms with van der Waals surface area (Å²) in [4.78, 5) is 25.1. The van der Waals surface area contributed by atoms with Crippen LogP contribution in [0.25, 0.3) is 0 Å². The third-order valence-electron chi connectivity index (χ3n) is 4.57. The van der Waals surface area contributed by atoms with Crippen LogP contribution < -0.4 is 10.6 Å². The lowest BCUT2D eigenvalue weighted by Gasteiger charge is -2.24. The topological polar surface area (TPSA) is 92.2 Å². The van der Waals surface area contributed by atoms with E-state index in [0.29, 0.717) is 13.0 Å². The van der Waals surface area contributed by atoms with Gasteiger partial charge in [-0.2, -0.15) is 0 Å². The number of amides is 3. The number of likely N-dealkylation sites (tertiary alicyclic amines) is 1. The number of aromatic nitrogens is 3. The molecule has 0 unspecified atom stereocenters. The Bertz CT molecular complexity index is 826. The average molecular weight is 392 g/mol. The van der Waals surface area contributed by atoms with E-state index in [-0.39, 0.29) is 12.2 Å². The Balaban J connectivity index is 1.60. The number of halogens is 2. The third kappa shape index (κ3) is 4.81. The molecule has 1 saturated heterocycles.